The lowest BCUT2D eigenvalue weighted by atomic mass is 10.0. The Morgan fingerprint density at radius 1 is 1.03 bits per heavy atom. The van der Waals surface area contributed by atoms with Gasteiger partial charge in [0.05, 0.1) is 17.9 Å². The summed E-state index contributed by atoms with van der Waals surface area (Å²) in [7, 11) is 0. The van der Waals surface area contributed by atoms with E-state index >= 15 is 0 Å². The number of terminal acetylenes is 1. The number of carbonyl (C=O) groups is 1. The number of nitrogens with zero attached hydrogens (tertiary/aromatic N) is 2. The summed E-state index contributed by atoms with van der Waals surface area (Å²) in [6.07, 6.45) is 11.5. The van der Waals surface area contributed by atoms with E-state index in [1.807, 2.05) is 86.9 Å². The van der Waals surface area contributed by atoms with Crippen LogP contribution >= 0.6 is 11.8 Å². The van der Waals surface area contributed by atoms with Crippen molar-refractivity contribution in [2.24, 2.45) is 0 Å². The van der Waals surface area contributed by atoms with Gasteiger partial charge in [0.2, 0.25) is 0 Å². The summed E-state index contributed by atoms with van der Waals surface area (Å²) >= 11 is 1.67. The third-order valence-corrected chi connectivity index (χ3v) is 6.55. The molecule has 0 aliphatic heterocycles. The van der Waals surface area contributed by atoms with Crippen molar-refractivity contribution in [2.45, 2.75) is 30.9 Å². The first kappa shape index (κ1) is 24.1. The average molecular weight is 479 g/mol. The molecule has 0 spiro atoms. The second-order valence-electron chi connectivity index (χ2n) is 7.65. The lowest BCUT2D eigenvalue weighted by Crippen LogP contribution is -2.12. The van der Waals surface area contributed by atoms with Gasteiger partial charge in [0.25, 0.3) is 5.91 Å². The number of amides is 1. The summed E-state index contributed by atoms with van der Waals surface area (Å²) < 4.78 is 0. The van der Waals surface area contributed by atoms with E-state index in [2.05, 4.69) is 26.4 Å². The fourth-order valence-electron chi connectivity index (χ4n) is 3.80. The summed E-state index contributed by atoms with van der Waals surface area (Å²) in [4.78, 5) is 18.3. The average Bonchev–Trinajstić information content (AvgIpc) is 3.39. The Balaban J connectivity index is 0.00000141. The number of pyridine rings is 1. The maximum atomic E-state index is 13.0. The van der Waals surface area contributed by atoms with Crippen LogP contribution in [0.3, 0.4) is 0 Å². The van der Waals surface area contributed by atoms with Crippen LogP contribution in [0.4, 0.5) is 5.69 Å². The van der Waals surface area contributed by atoms with Gasteiger partial charge in [-0.1, -0.05) is 50.2 Å². The van der Waals surface area contributed by atoms with Gasteiger partial charge in [0.15, 0.2) is 0 Å². The Kier molecular flexibility index (Phi) is 7.81. The molecule has 0 atom stereocenters. The fourth-order valence-corrected chi connectivity index (χ4v) is 4.76. The monoisotopic (exact) mass is 478 g/mol. The first-order chi connectivity index (χ1) is 17.2. The molecule has 0 saturated heterocycles. The van der Waals surface area contributed by atoms with Crippen LogP contribution in [0.5, 0.6) is 0 Å². The van der Waals surface area contributed by atoms with Crippen LogP contribution in [0.15, 0.2) is 84.1 Å². The highest BCUT2D eigenvalue weighted by Gasteiger charge is 2.10. The number of benzene rings is 3. The summed E-state index contributed by atoms with van der Waals surface area (Å²) in [5, 5.41) is 13.2. The molecule has 174 valence electrons. The lowest BCUT2D eigenvalue weighted by Gasteiger charge is -2.10. The lowest BCUT2D eigenvalue weighted by molar-refractivity contribution is 0.102. The van der Waals surface area contributed by atoms with Crippen LogP contribution < -0.4 is 5.32 Å². The van der Waals surface area contributed by atoms with Gasteiger partial charge in [-0.25, -0.2) is 0 Å². The Bertz CT molecular complexity index is 1520. The third-order valence-electron chi connectivity index (χ3n) is 5.44. The fraction of sp³-hybridized carbons (Fsp3) is 0.138. The number of hydrogen-bond acceptors (Lipinski definition) is 4. The van der Waals surface area contributed by atoms with E-state index in [0.29, 0.717) is 12.0 Å². The van der Waals surface area contributed by atoms with E-state index in [1.54, 1.807) is 18.0 Å². The summed E-state index contributed by atoms with van der Waals surface area (Å²) in [5.74, 6) is 3.28. The van der Waals surface area contributed by atoms with Gasteiger partial charge in [-0.05, 0) is 46.2 Å². The largest absolute Gasteiger partial charge is 0.322 e. The van der Waals surface area contributed by atoms with E-state index in [9.17, 15) is 4.79 Å². The summed E-state index contributed by atoms with van der Waals surface area (Å²) in [5.41, 5.74) is 4.41. The van der Waals surface area contributed by atoms with Crippen LogP contribution in [0.2, 0.25) is 0 Å². The molecule has 0 radical (unpaired) electrons. The molecule has 0 aliphatic carbocycles. The Morgan fingerprint density at radius 2 is 1.89 bits per heavy atom. The molecule has 2 heterocycles. The number of anilines is 1. The molecule has 0 saturated carbocycles. The van der Waals surface area contributed by atoms with Gasteiger partial charge in [-0.15, -0.1) is 24.1 Å². The number of thioether (sulfide) groups is 1. The predicted molar refractivity (Wildman–Crippen MR) is 146 cm³/mol. The van der Waals surface area contributed by atoms with Crippen molar-refractivity contribution in [1.82, 2.24) is 15.2 Å². The van der Waals surface area contributed by atoms with Crippen LogP contribution in [0.1, 0.15) is 35.3 Å². The van der Waals surface area contributed by atoms with Crippen LogP contribution in [0.25, 0.3) is 21.7 Å². The maximum absolute atomic E-state index is 13.0. The molecule has 35 heavy (non-hydrogen) atoms. The van der Waals surface area contributed by atoms with E-state index in [-0.39, 0.29) is 5.91 Å². The molecule has 0 bridgehead atoms. The summed E-state index contributed by atoms with van der Waals surface area (Å²) in [6.45, 7) is 4.00. The standard InChI is InChI=1S/C27H20N4OS.C2H6/c1-2-5-19-7-4-8-20-10-11-22(13-23(19)20)30-27(32)21-9-3-6-18(12-21)17-33-26-16-28-15-25-24(26)14-29-31-25;1-2/h1,3-4,6-16H,5,17H2,(H,29,31)(H,30,32);1-2H3. The van der Waals surface area contributed by atoms with Crippen LogP contribution in [-0.4, -0.2) is 21.1 Å². The van der Waals surface area contributed by atoms with Crippen molar-refractivity contribution >= 4 is 45.0 Å². The number of hydrogen-bond donors (Lipinski definition) is 2. The number of aromatic nitrogens is 3. The second-order valence-corrected chi connectivity index (χ2v) is 8.66. The van der Waals surface area contributed by atoms with Gasteiger partial charge in [0.1, 0.15) is 0 Å². The van der Waals surface area contributed by atoms with Crippen molar-refractivity contribution in [3.63, 3.8) is 0 Å². The Hall–Kier alpha value is -4.08. The van der Waals surface area contributed by atoms with Gasteiger partial charge < -0.3 is 5.32 Å². The van der Waals surface area contributed by atoms with Crippen LogP contribution in [-0.2, 0) is 12.2 Å². The number of H-pyrrole nitrogens is 1. The Labute approximate surface area is 209 Å². The van der Waals surface area contributed by atoms with Gasteiger partial charge in [-0.2, -0.15) is 5.10 Å². The van der Waals surface area contributed by atoms with Crippen molar-refractivity contribution in [3.8, 4) is 12.3 Å². The van der Waals surface area contributed by atoms with Gasteiger partial charge >= 0.3 is 0 Å². The quantitative estimate of drug-likeness (QED) is 0.207. The smallest absolute Gasteiger partial charge is 0.255 e. The molecule has 2 N–H and O–H groups in total. The molecular formula is C29H26N4OS. The highest BCUT2D eigenvalue weighted by molar-refractivity contribution is 7.98. The molecule has 5 rings (SSSR count). The minimum Gasteiger partial charge on any atom is -0.322 e. The molecule has 0 aliphatic rings. The van der Waals surface area contributed by atoms with Crippen molar-refractivity contribution in [3.05, 3.63) is 95.9 Å². The highest BCUT2D eigenvalue weighted by Crippen LogP contribution is 2.29. The normalized spacial score (nSPS) is 10.4. The highest BCUT2D eigenvalue weighted by atomic mass is 32.2. The zero-order valence-corrected chi connectivity index (χ0v) is 20.5. The van der Waals surface area contributed by atoms with Crippen molar-refractivity contribution in [2.75, 3.05) is 5.32 Å². The molecule has 3 aromatic carbocycles. The maximum Gasteiger partial charge on any atom is 0.255 e. The molecule has 2 aromatic heterocycles. The van der Waals surface area contributed by atoms with Crippen molar-refractivity contribution < 1.29 is 4.79 Å². The molecule has 5 aromatic rings. The topological polar surface area (TPSA) is 70.7 Å². The number of fused-ring (bicyclic) bond motifs is 2. The molecule has 6 heteroatoms. The zero-order valence-electron chi connectivity index (χ0n) is 19.7. The Morgan fingerprint density at radius 3 is 2.74 bits per heavy atom. The van der Waals surface area contributed by atoms with Gasteiger partial charge in [-0.3, -0.25) is 14.9 Å². The van der Waals surface area contributed by atoms with E-state index < -0.39 is 0 Å². The first-order valence-electron chi connectivity index (χ1n) is 11.5. The first-order valence-corrected chi connectivity index (χ1v) is 12.4. The molecule has 1 amide bonds. The van der Waals surface area contributed by atoms with Crippen LogP contribution in [0, 0.1) is 12.3 Å². The minimum absolute atomic E-state index is 0.144. The predicted octanol–water partition coefficient (Wildman–Crippen LogP) is 6.86. The number of carbonyl (C=O) groups excluding carboxylic acids is 1. The van der Waals surface area contributed by atoms with Gasteiger partial charge in [0, 0.05) is 39.9 Å². The number of nitrogens with one attached hydrogen (secondary N) is 2. The van der Waals surface area contributed by atoms with E-state index in [1.165, 1.54) is 0 Å². The van der Waals surface area contributed by atoms with Crippen molar-refractivity contribution in [1.29, 1.82) is 0 Å². The number of aromatic amines is 1. The summed E-state index contributed by atoms with van der Waals surface area (Å²) in [6, 6.07) is 19.7. The SMILES string of the molecule is C#CCc1cccc2ccc(NC(=O)c3cccc(CSc4cncc5[nH]ncc45)c3)cc12.CC. The zero-order chi connectivity index (χ0) is 24.6. The van der Waals surface area contributed by atoms with E-state index in [4.69, 9.17) is 6.42 Å². The molecular weight excluding hydrogens is 452 g/mol. The third kappa shape index (κ3) is 5.53. The minimum atomic E-state index is -0.144. The second kappa shape index (κ2) is 11.4. The number of rotatable bonds is 6. The van der Waals surface area contributed by atoms with E-state index in [0.717, 1.165) is 49.1 Å². The molecule has 0 fully saturated rings. The molecule has 5 nitrogen and oxygen atoms in total. The molecule has 0 unspecified atom stereocenters.